The predicted molar refractivity (Wildman–Crippen MR) is 102 cm³/mol. The minimum Gasteiger partial charge on any atom is -0.482 e. The number of hydrogen-bond acceptors (Lipinski definition) is 5. The molecule has 0 radical (unpaired) electrons. The molecule has 0 saturated heterocycles. The Morgan fingerprint density at radius 3 is 2.11 bits per heavy atom. The third kappa shape index (κ3) is 6.58. The van der Waals surface area contributed by atoms with Crippen molar-refractivity contribution in [3.63, 3.8) is 0 Å². The van der Waals surface area contributed by atoms with Crippen molar-refractivity contribution >= 4 is 23.3 Å². The lowest BCUT2D eigenvalue weighted by Gasteiger charge is -2.09. The molecule has 0 atom stereocenters. The number of benzene rings is 2. The number of nitrogens with one attached hydrogen (secondary N) is 1. The van der Waals surface area contributed by atoms with Crippen LogP contribution in [0, 0.1) is 0 Å². The highest BCUT2D eigenvalue weighted by atomic mass is 16.6. The van der Waals surface area contributed by atoms with Crippen molar-refractivity contribution in [2.45, 2.75) is 26.7 Å². The molecule has 0 fully saturated rings. The van der Waals surface area contributed by atoms with E-state index in [9.17, 15) is 14.4 Å². The van der Waals surface area contributed by atoms with Crippen LogP contribution in [0.4, 0.5) is 5.69 Å². The average molecular weight is 369 g/mol. The molecule has 1 amide bonds. The SMILES string of the molecule is CC(=O)c1ccc(NC(=O)COC(=O)COc2ccc(C(C)C)cc2)cc1. The summed E-state index contributed by atoms with van der Waals surface area (Å²) in [4.78, 5) is 34.7. The topological polar surface area (TPSA) is 81.7 Å². The minimum atomic E-state index is -0.634. The highest BCUT2D eigenvalue weighted by Crippen LogP contribution is 2.18. The summed E-state index contributed by atoms with van der Waals surface area (Å²) in [6.45, 7) is 4.96. The molecular formula is C21H23NO5. The van der Waals surface area contributed by atoms with Gasteiger partial charge >= 0.3 is 5.97 Å². The van der Waals surface area contributed by atoms with E-state index < -0.39 is 18.5 Å². The predicted octanol–water partition coefficient (Wildman–Crippen LogP) is 3.57. The number of hydrogen-bond donors (Lipinski definition) is 1. The van der Waals surface area contributed by atoms with Gasteiger partial charge < -0.3 is 14.8 Å². The van der Waals surface area contributed by atoms with Crippen LogP contribution >= 0.6 is 0 Å². The Bertz CT molecular complexity index is 794. The first-order valence-corrected chi connectivity index (χ1v) is 8.64. The zero-order valence-corrected chi connectivity index (χ0v) is 15.7. The minimum absolute atomic E-state index is 0.0550. The molecule has 2 aromatic rings. The first kappa shape index (κ1) is 20.2. The van der Waals surface area contributed by atoms with Crippen LogP contribution in [0.3, 0.4) is 0 Å². The summed E-state index contributed by atoms with van der Waals surface area (Å²) in [5, 5.41) is 2.59. The largest absolute Gasteiger partial charge is 0.482 e. The monoisotopic (exact) mass is 369 g/mol. The Hall–Kier alpha value is -3.15. The molecule has 1 N–H and O–H groups in total. The van der Waals surface area contributed by atoms with Crippen molar-refractivity contribution in [2.24, 2.45) is 0 Å². The molecule has 27 heavy (non-hydrogen) atoms. The third-order valence-electron chi connectivity index (χ3n) is 3.84. The fourth-order valence-electron chi connectivity index (χ4n) is 2.26. The second-order valence-electron chi connectivity index (χ2n) is 6.35. The summed E-state index contributed by atoms with van der Waals surface area (Å²) in [5.74, 6) is -0.182. The summed E-state index contributed by atoms with van der Waals surface area (Å²) in [5.41, 5.74) is 2.25. The van der Waals surface area contributed by atoms with Crippen molar-refractivity contribution in [1.82, 2.24) is 0 Å². The van der Waals surface area contributed by atoms with Gasteiger partial charge in [-0.25, -0.2) is 4.79 Å². The summed E-state index contributed by atoms with van der Waals surface area (Å²) in [6, 6.07) is 13.9. The molecule has 0 heterocycles. The van der Waals surface area contributed by atoms with Crippen molar-refractivity contribution in [3.8, 4) is 5.75 Å². The molecule has 2 aromatic carbocycles. The standard InChI is InChI=1S/C21H23NO5/c1-14(2)16-6-10-19(11-7-16)26-13-21(25)27-12-20(24)22-18-8-4-17(5-9-18)15(3)23/h4-11,14H,12-13H2,1-3H3,(H,22,24). The van der Waals surface area contributed by atoms with Crippen molar-refractivity contribution < 1.29 is 23.9 Å². The van der Waals surface area contributed by atoms with E-state index in [0.717, 1.165) is 0 Å². The van der Waals surface area contributed by atoms with E-state index in [0.29, 0.717) is 22.9 Å². The molecule has 0 aliphatic heterocycles. The molecule has 142 valence electrons. The molecule has 0 spiro atoms. The molecule has 0 aliphatic rings. The molecule has 0 aliphatic carbocycles. The second kappa shape index (κ2) is 9.52. The number of anilines is 1. The molecule has 2 rings (SSSR count). The maximum absolute atomic E-state index is 11.8. The number of ketones is 1. The van der Waals surface area contributed by atoms with Gasteiger partial charge in [-0.2, -0.15) is 0 Å². The fourth-order valence-corrected chi connectivity index (χ4v) is 2.26. The van der Waals surface area contributed by atoms with Crippen molar-refractivity contribution in [1.29, 1.82) is 0 Å². The summed E-state index contributed by atoms with van der Waals surface area (Å²) < 4.78 is 10.2. The Labute approximate surface area is 158 Å². The van der Waals surface area contributed by atoms with E-state index in [1.165, 1.54) is 12.5 Å². The van der Waals surface area contributed by atoms with Crippen LogP contribution in [0.5, 0.6) is 5.75 Å². The third-order valence-corrected chi connectivity index (χ3v) is 3.84. The first-order chi connectivity index (χ1) is 12.8. The highest BCUT2D eigenvalue weighted by Gasteiger charge is 2.09. The highest BCUT2D eigenvalue weighted by molar-refractivity contribution is 5.96. The van der Waals surface area contributed by atoms with E-state index in [2.05, 4.69) is 19.2 Å². The van der Waals surface area contributed by atoms with Gasteiger partial charge in [0.05, 0.1) is 0 Å². The fraction of sp³-hybridized carbons (Fsp3) is 0.286. The maximum Gasteiger partial charge on any atom is 0.344 e. The first-order valence-electron chi connectivity index (χ1n) is 8.64. The van der Waals surface area contributed by atoms with Gasteiger partial charge in [-0.15, -0.1) is 0 Å². The van der Waals surface area contributed by atoms with Crippen LogP contribution < -0.4 is 10.1 Å². The quantitative estimate of drug-likeness (QED) is 0.568. The van der Waals surface area contributed by atoms with Gasteiger partial charge in [0.15, 0.2) is 19.0 Å². The van der Waals surface area contributed by atoms with Gasteiger partial charge in [-0.1, -0.05) is 26.0 Å². The van der Waals surface area contributed by atoms with Crippen LogP contribution in [-0.2, 0) is 14.3 Å². The van der Waals surface area contributed by atoms with Gasteiger partial charge in [0.25, 0.3) is 5.91 Å². The number of Topliss-reactive ketones (excluding diaryl/α,β-unsaturated/α-hetero) is 1. The smallest absolute Gasteiger partial charge is 0.344 e. The maximum atomic E-state index is 11.8. The molecule has 6 nitrogen and oxygen atoms in total. The van der Waals surface area contributed by atoms with Crippen LogP contribution in [0.2, 0.25) is 0 Å². The molecule has 6 heteroatoms. The van der Waals surface area contributed by atoms with Gasteiger partial charge in [0, 0.05) is 11.3 Å². The summed E-state index contributed by atoms with van der Waals surface area (Å²) in [6.07, 6.45) is 0. The number of esters is 1. The van der Waals surface area contributed by atoms with Crippen molar-refractivity contribution in [3.05, 3.63) is 59.7 Å². The Balaban J connectivity index is 1.72. The molecule has 0 unspecified atom stereocenters. The summed E-state index contributed by atoms with van der Waals surface area (Å²) in [7, 11) is 0. The number of carbonyl (C=O) groups is 3. The van der Waals surface area contributed by atoms with Gasteiger partial charge in [0.2, 0.25) is 0 Å². The van der Waals surface area contributed by atoms with Crippen LogP contribution in [0.25, 0.3) is 0 Å². The second-order valence-corrected chi connectivity index (χ2v) is 6.35. The number of amides is 1. The van der Waals surface area contributed by atoms with Crippen LogP contribution in [-0.4, -0.2) is 30.9 Å². The van der Waals surface area contributed by atoms with E-state index in [-0.39, 0.29) is 12.4 Å². The summed E-state index contributed by atoms with van der Waals surface area (Å²) >= 11 is 0. The van der Waals surface area contributed by atoms with E-state index in [4.69, 9.17) is 9.47 Å². The normalized spacial score (nSPS) is 10.4. The molecule has 0 aromatic heterocycles. The number of rotatable bonds is 8. The molecule has 0 bridgehead atoms. The number of ether oxygens (including phenoxy) is 2. The van der Waals surface area contributed by atoms with E-state index in [1.54, 1.807) is 36.4 Å². The van der Waals surface area contributed by atoms with E-state index >= 15 is 0 Å². The lowest BCUT2D eigenvalue weighted by molar-refractivity contribution is -0.149. The lowest BCUT2D eigenvalue weighted by Crippen LogP contribution is -2.23. The van der Waals surface area contributed by atoms with Crippen molar-refractivity contribution in [2.75, 3.05) is 18.5 Å². The van der Waals surface area contributed by atoms with Gasteiger partial charge in [0.1, 0.15) is 5.75 Å². The average Bonchev–Trinajstić information content (AvgIpc) is 2.65. The lowest BCUT2D eigenvalue weighted by atomic mass is 10.0. The zero-order valence-electron chi connectivity index (χ0n) is 15.7. The number of carbonyl (C=O) groups excluding carboxylic acids is 3. The Morgan fingerprint density at radius 2 is 1.56 bits per heavy atom. The molecular weight excluding hydrogens is 346 g/mol. The Morgan fingerprint density at radius 1 is 0.926 bits per heavy atom. The van der Waals surface area contributed by atoms with Gasteiger partial charge in [-0.05, 0) is 54.8 Å². The molecule has 0 saturated carbocycles. The van der Waals surface area contributed by atoms with Crippen LogP contribution in [0.15, 0.2) is 48.5 Å². The Kier molecular flexibility index (Phi) is 7.11. The zero-order chi connectivity index (χ0) is 19.8. The van der Waals surface area contributed by atoms with Gasteiger partial charge in [-0.3, -0.25) is 9.59 Å². The van der Waals surface area contributed by atoms with E-state index in [1.807, 2.05) is 12.1 Å². The van der Waals surface area contributed by atoms with Crippen LogP contribution in [0.1, 0.15) is 42.6 Å².